The molecule has 1 atom stereocenters. The van der Waals surface area contributed by atoms with E-state index in [0.29, 0.717) is 19.8 Å². The summed E-state index contributed by atoms with van der Waals surface area (Å²) in [7, 11) is 1.81. The highest BCUT2D eigenvalue weighted by molar-refractivity contribution is 5.79. The quantitative estimate of drug-likeness (QED) is 0.798. The highest BCUT2D eigenvalue weighted by Crippen LogP contribution is 2.38. The zero-order valence-corrected chi connectivity index (χ0v) is 16.7. The van der Waals surface area contributed by atoms with E-state index < -0.39 is 5.54 Å². The summed E-state index contributed by atoms with van der Waals surface area (Å²) in [4.78, 5) is 17.0. The predicted molar refractivity (Wildman–Crippen MR) is 105 cm³/mol. The number of fused-ring (bicyclic) bond motifs is 1. The maximum Gasteiger partial charge on any atom is 0.237 e. The number of ether oxygens (including phenoxy) is 2. The minimum absolute atomic E-state index is 0.0490. The molecule has 1 saturated heterocycles. The summed E-state index contributed by atoms with van der Waals surface area (Å²) in [5.41, 5.74) is 0.548. The van der Waals surface area contributed by atoms with E-state index in [-0.39, 0.29) is 11.9 Å². The van der Waals surface area contributed by atoms with Gasteiger partial charge < -0.3 is 14.4 Å². The number of hydrogen-bond acceptors (Lipinski definition) is 5. The molecule has 6 heteroatoms. The first-order valence-electron chi connectivity index (χ1n) is 10.4. The van der Waals surface area contributed by atoms with Gasteiger partial charge in [-0.2, -0.15) is 5.26 Å². The highest BCUT2D eigenvalue weighted by Gasteiger charge is 2.40. The Kier molecular flexibility index (Phi) is 5.45. The number of amides is 1. The first kappa shape index (κ1) is 19.1. The lowest BCUT2D eigenvalue weighted by Crippen LogP contribution is -2.52. The third-order valence-corrected chi connectivity index (χ3v) is 6.56. The zero-order valence-electron chi connectivity index (χ0n) is 16.7. The molecule has 1 unspecified atom stereocenters. The van der Waals surface area contributed by atoms with Gasteiger partial charge in [0, 0.05) is 13.1 Å². The Labute approximate surface area is 167 Å². The number of benzene rings is 1. The SMILES string of the molecule is CN(C(=O)CN1CCCC1c1ccc2c(c1)OCCO2)C1(C#N)CCCCC1. The minimum Gasteiger partial charge on any atom is -0.486 e. The number of nitrogens with zero attached hydrogens (tertiary/aromatic N) is 3. The van der Waals surface area contributed by atoms with Crippen LogP contribution in [0.5, 0.6) is 11.5 Å². The van der Waals surface area contributed by atoms with Gasteiger partial charge in [-0.15, -0.1) is 0 Å². The number of nitriles is 1. The second kappa shape index (κ2) is 8.00. The summed E-state index contributed by atoms with van der Waals surface area (Å²) >= 11 is 0. The Morgan fingerprint density at radius 2 is 1.96 bits per heavy atom. The number of carbonyl (C=O) groups is 1. The standard InChI is InChI=1S/C22H29N3O3/c1-24(22(16-23)9-3-2-4-10-22)21(26)15-25-11-5-6-18(25)17-7-8-19-20(14-17)28-13-12-27-19/h7-8,14,18H,2-6,9-13,15H2,1H3. The fourth-order valence-electron chi connectivity index (χ4n) is 4.84. The van der Waals surface area contributed by atoms with Crippen molar-refractivity contribution in [1.29, 1.82) is 5.26 Å². The van der Waals surface area contributed by atoms with Crippen LogP contribution in [0.1, 0.15) is 56.6 Å². The van der Waals surface area contributed by atoms with Crippen LogP contribution in [-0.4, -0.2) is 54.6 Å². The number of likely N-dealkylation sites (tertiary alicyclic amines) is 1. The zero-order chi connectivity index (χ0) is 19.6. The van der Waals surface area contributed by atoms with E-state index in [2.05, 4.69) is 23.1 Å². The summed E-state index contributed by atoms with van der Waals surface area (Å²) in [5.74, 6) is 1.64. The Hall–Kier alpha value is -2.26. The van der Waals surface area contributed by atoms with Gasteiger partial charge in [0.25, 0.3) is 0 Å². The first-order valence-corrected chi connectivity index (χ1v) is 10.4. The van der Waals surface area contributed by atoms with Crippen LogP contribution in [-0.2, 0) is 4.79 Å². The molecular weight excluding hydrogens is 354 g/mol. The number of carbonyl (C=O) groups excluding carboxylic acids is 1. The second-order valence-corrected chi connectivity index (χ2v) is 8.19. The summed E-state index contributed by atoms with van der Waals surface area (Å²) in [6.45, 7) is 2.42. The third-order valence-electron chi connectivity index (χ3n) is 6.56. The second-order valence-electron chi connectivity index (χ2n) is 8.19. The van der Waals surface area contributed by atoms with Crippen molar-refractivity contribution in [3.63, 3.8) is 0 Å². The molecular formula is C22H29N3O3. The van der Waals surface area contributed by atoms with Gasteiger partial charge in [-0.1, -0.05) is 25.3 Å². The topological polar surface area (TPSA) is 65.8 Å². The molecule has 1 aromatic rings. The lowest BCUT2D eigenvalue weighted by atomic mass is 9.81. The van der Waals surface area contributed by atoms with Crippen molar-refractivity contribution in [1.82, 2.24) is 9.80 Å². The maximum absolute atomic E-state index is 13.1. The molecule has 2 aliphatic heterocycles. The van der Waals surface area contributed by atoms with Crippen LogP contribution in [0.15, 0.2) is 18.2 Å². The molecule has 1 saturated carbocycles. The molecule has 150 valence electrons. The smallest absolute Gasteiger partial charge is 0.237 e. The Bertz CT molecular complexity index is 767. The first-order chi connectivity index (χ1) is 13.6. The van der Waals surface area contributed by atoms with Crippen LogP contribution in [0, 0.1) is 11.3 Å². The molecule has 0 radical (unpaired) electrons. The van der Waals surface area contributed by atoms with Gasteiger partial charge in [-0.3, -0.25) is 9.69 Å². The molecule has 0 N–H and O–H groups in total. The summed E-state index contributed by atoms with van der Waals surface area (Å²) in [6, 6.07) is 8.78. The summed E-state index contributed by atoms with van der Waals surface area (Å²) in [6.07, 6.45) is 6.88. The van der Waals surface area contributed by atoms with Crippen LogP contribution >= 0.6 is 0 Å². The molecule has 0 aromatic heterocycles. The lowest BCUT2D eigenvalue weighted by molar-refractivity contribution is -0.136. The average molecular weight is 383 g/mol. The van der Waals surface area contributed by atoms with Gasteiger partial charge in [0.05, 0.1) is 12.6 Å². The predicted octanol–water partition coefficient (Wildman–Crippen LogP) is 3.28. The van der Waals surface area contributed by atoms with Gasteiger partial charge in [-0.25, -0.2) is 0 Å². The third kappa shape index (κ3) is 3.56. The van der Waals surface area contributed by atoms with Crippen LogP contribution in [0.4, 0.5) is 0 Å². The van der Waals surface area contributed by atoms with E-state index >= 15 is 0 Å². The Morgan fingerprint density at radius 3 is 2.71 bits per heavy atom. The van der Waals surface area contributed by atoms with Crippen LogP contribution in [0.2, 0.25) is 0 Å². The van der Waals surface area contributed by atoms with Gasteiger partial charge in [0.2, 0.25) is 5.91 Å². The van der Waals surface area contributed by atoms with E-state index in [4.69, 9.17) is 9.47 Å². The average Bonchev–Trinajstić information content (AvgIpc) is 3.21. The van der Waals surface area contributed by atoms with E-state index in [9.17, 15) is 10.1 Å². The number of likely N-dealkylation sites (N-methyl/N-ethyl adjacent to an activating group) is 1. The fourth-order valence-corrected chi connectivity index (χ4v) is 4.84. The largest absolute Gasteiger partial charge is 0.486 e. The van der Waals surface area contributed by atoms with Gasteiger partial charge in [0.1, 0.15) is 18.8 Å². The van der Waals surface area contributed by atoms with Gasteiger partial charge in [-0.05, 0) is 49.9 Å². The normalized spacial score (nSPS) is 23.8. The van der Waals surface area contributed by atoms with E-state index in [1.54, 1.807) is 4.90 Å². The molecule has 4 rings (SSSR count). The van der Waals surface area contributed by atoms with Crippen molar-refractivity contribution < 1.29 is 14.3 Å². The monoisotopic (exact) mass is 383 g/mol. The molecule has 0 spiro atoms. The van der Waals surface area contributed by atoms with Crippen LogP contribution in [0.3, 0.4) is 0 Å². The van der Waals surface area contributed by atoms with Crippen molar-refractivity contribution in [3.05, 3.63) is 23.8 Å². The molecule has 1 aromatic carbocycles. The Balaban J connectivity index is 1.46. The van der Waals surface area contributed by atoms with Crippen molar-refractivity contribution >= 4 is 5.91 Å². The van der Waals surface area contributed by atoms with Crippen LogP contribution < -0.4 is 9.47 Å². The molecule has 6 nitrogen and oxygen atoms in total. The van der Waals surface area contributed by atoms with Crippen molar-refractivity contribution in [3.8, 4) is 17.6 Å². The molecule has 0 bridgehead atoms. The fraction of sp³-hybridized carbons (Fsp3) is 0.636. The van der Waals surface area contributed by atoms with Crippen molar-refractivity contribution in [2.24, 2.45) is 0 Å². The highest BCUT2D eigenvalue weighted by atomic mass is 16.6. The molecule has 2 fully saturated rings. The number of hydrogen-bond donors (Lipinski definition) is 0. The molecule has 1 amide bonds. The van der Waals surface area contributed by atoms with E-state index in [1.165, 1.54) is 5.56 Å². The van der Waals surface area contributed by atoms with Crippen LogP contribution in [0.25, 0.3) is 0 Å². The van der Waals surface area contributed by atoms with E-state index in [0.717, 1.165) is 63.0 Å². The van der Waals surface area contributed by atoms with Gasteiger partial charge >= 0.3 is 0 Å². The van der Waals surface area contributed by atoms with Crippen molar-refractivity contribution in [2.45, 2.75) is 56.5 Å². The summed E-state index contributed by atoms with van der Waals surface area (Å²) < 4.78 is 11.4. The lowest BCUT2D eigenvalue weighted by Gasteiger charge is -2.40. The molecule has 28 heavy (non-hydrogen) atoms. The van der Waals surface area contributed by atoms with E-state index in [1.807, 2.05) is 13.1 Å². The molecule has 2 heterocycles. The molecule has 1 aliphatic carbocycles. The summed E-state index contributed by atoms with van der Waals surface area (Å²) in [5, 5.41) is 9.78. The number of rotatable bonds is 4. The van der Waals surface area contributed by atoms with Crippen molar-refractivity contribution in [2.75, 3.05) is 33.4 Å². The van der Waals surface area contributed by atoms with Gasteiger partial charge in [0.15, 0.2) is 11.5 Å². The Morgan fingerprint density at radius 1 is 1.21 bits per heavy atom. The molecule has 3 aliphatic rings. The minimum atomic E-state index is -0.623. The maximum atomic E-state index is 13.1.